The van der Waals surface area contributed by atoms with Gasteiger partial charge in [-0.15, -0.1) is 11.3 Å². The van der Waals surface area contributed by atoms with Gasteiger partial charge in [0.05, 0.1) is 12.3 Å². The molecule has 0 unspecified atom stereocenters. The maximum atomic E-state index is 8.93. The van der Waals surface area contributed by atoms with Crippen molar-refractivity contribution in [2.24, 2.45) is 0 Å². The third kappa shape index (κ3) is 1.85. The van der Waals surface area contributed by atoms with Crippen LogP contribution in [0.2, 0.25) is 0 Å². The number of fused-ring (bicyclic) bond motifs is 3. The van der Waals surface area contributed by atoms with Crippen molar-refractivity contribution in [3.8, 4) is 0 Å². The summed E-state index contributed by atoms with van der Waals surface area (Å²) in [7, 11) is 0. The van der Waals surface area contributed by atoms with Crippen LogP contribution < -0.4 is 10.6 Å². The molecule has 3 rings (SSSR count). The van der Waals surface area contributed by atoms with Crippen LogP contribution >= 0.6 is 11.3 Å². The molecule has 0 amide bonds. The lowest BCUT2D eigenvalue weighted by Gasteiger charge is -2.17. The van der Waals surface area contributed by atoms with Gasteiger partial charge in [0.2, 0.25) is 0 Å². The zero-order chi connectivity index (χ0) is 12.5. The van der Waals surface area contributed by atoms with Gasteiger partial charge in [-0.3, -0.25) is 0 Å². The fourth-order valence-corrected chi connectivity index (χ4v) is 3.08. The maximum absolute atomic E-state index is 8.93. The minimum absolute atomic E-state index is 0.106. The normalized spacial score (nSPS) is 13.4. The van der Waals surface area contributed by atoms with Gasteiger partial charge in [-0.2, -0.15) is 0 Å². The second-order valence-corrected chi connectivity index (χ2v) is 5.49. The molecule has 18 heavy (non-hydrogen) atoms. The molecule has 0 radical (unpaired) electrons. The highest BCUT2D eigenvalue weighted by Crippen LogP contribution is 2.37. The summed E-state index contributed by atoms with van der Waals surface area (Å²) >= 11 is 1.69. The first-order chi connectivity index (χ1) is 8.79. The number of pyridine rings is 1. The van der Waals surface area contributed by atoms with Gasteiger partial charge >= 0.3 is 0 Å². The lowest BCUT2D eigenvalue weighted by molar-refractivity contribution is 0.311. The van der Waals surface area contributed by atoms with Crippen LogP contribution in [0.4, 0.5) is 11.5 Å². The number of rotatable bonds is 3. The molecule has 0 saturated heterocycles. The number of aromatic nitrogens is 1. The fraction of sp³-hybridized carbons (Fsp3) is 0.308. The third-order valence-electron chi connectivity index (χ3n) is 2.93. The number of anilines is 2. The van der Waals surface area contributed by atoms with Crippen LogP contribution in [0.3, 0.4) is 0 Å². The number of nitrogens with one attached hydrogen (secondary N) is 2. The third-order valence-corrected chi connectivity index (χ3v) is 3.87. The van der Waals surface area contributed by atoms with E-state index in [0.29, 0.717) is 6.54 Å². The summed E-state index contributed by atoms with van der Waals surface area (Å²) in [6.07, 6.45) is 4.17. The zero-order valence-electron chi connectivity index (χ0n) is 10.2. The molecule has 3 heterocycles. The molecule has 0 aliphatic carbocycles. The van der Waals surface area contributed by atoms with Crippen molar-refractivity contribution in [1.82, 2.24) is 4.98 Å². The first-order valence-electron chi connectivity index (χ1n) is 5.99. The molecular formula is C13H15N3OS. The second-order valence-electron chi connectivity index (χ2n) is 4.26. The van der Waals surface area contributed by atoms with E-state index in [1.54, 1.807) is 11.3 Å². The topological polar surface area (TPSA) is 57.2 Å². The van der Waals surface area contributed by atoms with Crippen LogP contribution in [0.15, 0.2) is 12.1 Å². The van der Waals surface area contributed by atoms with E-state index in [1.165, 1.54) is 10.3 Å². The molecule has 0 spiro atoms. The molecule has 1 aliphatic rings. The summed E-state index contributed by atoms with van der Waals surface area (Å²) in [5.41, 5.74) is 2.23. The van der Waals surface area contributed by atoms with Crippen LogP contribution in [0, 0.1) is 6.92 Å². The van der Waals surface area contributed by atoms with E-state index < -0.39 is 0 Å². The van der Waals surface area contributed by atoms with Crippen LogP contribution in [-0.2, 0) is 0 Å². The molecule has 5 heteroatoms. The number of aliphatic hydroxyl groups excluding tert-OH is 1. The lowest BCUT2D eigenvalue weighted by atomic mass is 10.1. The molecule has 94 valence electrons. The Labute approximate surface area is 109 Å². The van der Waals surface area contributed by atoms with Crippen molar-refractivity contribution < 1.29 is 5.11 Å². The van der Waals surface area contributed by atoms with E-state index in [4.69, 9.17) is 5.11 Å². The van der Waals surface area contributed by atoms with Gasteiger partial charge in [-0.25, -0.2) is 4.98 Å². The van der Waals surface area contributed by atoms with Crippen LogP contribution in [0.5, 0.6) is 0 Å². The Hall–Kier alpha value is -1.59. The summed E-state index contributed by atoms with van der Waals surface area (Å²) in [6, 6.07) is 2.17. The summed E-state index contributed by atoms with van der Waals surface area (Å²) in [5, 5.41) is 16.7. The molecule has 4 nitrogen and oxygen atoms in total. The summed E-state index contributed by atoms with van der Waals surface area (Å²) in [4.78, 5) is 6.95. The number of hydrogen-bond donors (Lipinski definition) is 3. The number of aliphatic hydroxyl groups is 1. The van der Waals surface area contributed by atoms with Crippen molar-refractivity contribution in [3.05, 3.63) is 22.6 Å². The van der Waals surface area contributed by atoms with E-state index in [-0.39, 0.29) is 6.61 Å². The predicted octanol–water partition coefficient (Wildman–Crippen LogP) is 2.45. The molecule has 0 aromatic carbocycles. The fourth-order valence-electron chi connectivity index (χ4n) is 2.19. The van der Waals surface area contributed by atoms with Gasteiger partial charge in [-0.1, -0.05) is 12.2 Å². The van der Waals surface area contributed by atoms with Crippen molar-refractivity contribution in [3.63, 3.8) is 0 Å². The van der Waals surface area contributed by atoms with Crippen LogP contribution in [0.1, 0.15) is 10.4 Å². The Bertz CT molecular complexity index is 618. The number of thiophene rings is 1. The monoisotopic (exact) mass is 261 g/mol. The van der Waals surface area contributed by atoms with E-state index in [0.717, 1.165) is 28.4 Å². The number of nitrogens with zero attached hydrogens (tertiary/aromatic N) is 1. The average molecular weight is 261 g/mol. The van der Waals surface area contributed by atoms with Crippen molar-refractivity contribution in [2.75, 3.05) is 30.3 Å². The summed E-state index contributed by atoms with van der Waals surface area (Å²) in [6.45, 7) is 3.57. The van der Waals surface area contributed by atoms with Gasteiger partial charge in [-0.05, 0) is 13.0 Å². The highest BCUT2D eigenvalue weighted by atomic mass is 32.1. The Balaban J connectivity index is 2.20. The quantitative estimate of drug-likeness (QED) is 0.794. The molecule has 0 bridgehead atoms. The predicted molar refractivity (Wildman–Crippen MR) is 77.5 cm³/mol. The van der Waals surface area contributed by atoms with E-state index in [2.05, 4.69) is 40.8 Å². The van der Waals surface area contributed by atoms with E-state index in [9.17, 15) is 0 Å². The van der Waals surface area contributed by atoms with Gasteiger partial charge < -0.3 is 15.7 Å². The first kappa shape index (κ1) is 11.5. The first-order valence-corrected chi connectivity index (χ1v) is 6.80. The SMILES string of the molecule is Cc1cc2c3c(c(NCCO)nc2s1)C=CCN3. The minimum Gasteiger partial charge on any atom is -0.395 e. The standard InChI is InChI=1S/C13H15N3OS/c1-8-7-10-11-9(3-2-4-14-11)12(15-5-6-17)16-13(10)18-8/h2-3,7,14,17H,4-6H2,1H3,(H,15,16). The minimum atomic E-state index is 0.106. The Morgan fingerprint density at radius 2 is 2.44 bits per heavy atom. The van der Waals surface area contributed by atoms with E-state index >= 15 is 0 Å². The molecule has 0 fully saturated rings. The smallest absolute Gasteiger partial charge is 0.137 e. The Morgan fingerprint density at radius 1 is 1.56 bits per heavy atom. The maximum Gasteiger partial charge on any atom is 0.137 e. The molecule has 2 aromatic rings. The van der Waals surface area contributed by atoms with Crippen molar-refractivity contribution >= 4 is 39.1 Å². The molecule has 1 aliphatic heterocycles. The van der Waals surface area contributed by atoms with Crippen molar-refractivity contribution in [2.45, 2.75) is 6.92 Å². The highest BCUT2D eigenvalue weighted by molar-refractivity contribution is 7.18. The summed E-state index contributed by atoms with van der Waals surface area (Å²) in [5.74, 6) is 0.844. The van der Waals surface area contributed by atoms with Gasteiger partial charge in [0.15, 0.2) is 0 Å². The molecular weight excluding hydrogens is 246 g/mol. The highest BCUT2D eigenvalue weighted by Gasteiger charge is 2.16. The van der Waals surface area contributed by atoms with Crippen molar-refractivity contribution in [1.29, 1.82) is 0 Å². The molecule has 0 saturated carbocycles. The second kappa shape index (κ2) is 4.59. The lowest BCUT2D eigenvalue weighted by Crippen LogP contribution is -2.12. The number of aryl methyl sites for hydroxylation is 1. The van der Waals surface area contributed by atoms with E-state index in [1.807, 2.05) is 0 Å². The number of hydrogen-bond acceptors (Lipinski definition) is 5. The largest absolute Gasteiger partial charge is 0.395 e. The van der Waals surface area contributed by atoms with Crippen LogP contribution in [0.25, 0.3) is 16.3 Å². The van der Waals surface area contributed by atoms with Crippen LogP contribution in [-0.4, -0.2) is 29.8 Å². The Kier molecular flexibility index (Phi) is 2.93. The van der Waals surface area contributed by atoms with Gasteiger partial charge in [0.25, 0.3) is 0 Å². The molecule has 3 N–H and O–H groups in total. The molecule has 0 atom stereocenters. The zero-order valence-corrected chi connectivity index (χ0v) is 11.0. The summed E-state index contributed by atoms with van der Waals surface area (Å²) < 4.78 is 0. The van der Waals surface area contributed by atoms with Gasteiger partial charge in [0.1, 0.15) is 10.6 Å². The average Bonchev–Trinajstić information content (AvgIpc) is 2.76. The van der Waals surface area contributed by atoms with Gasteiger partial charge in [0, 0.05) is 28.9 Å². The Morgan fingerprint density at radius 3 is 3.28 bits per heavy atom. The molecule has 2 aromatic heterocycles.